The maximum Gasteiger partial charge on any atom is 0.410 e. The van der Waals surface area contributed by atoms with Gasteiger partial charge in [-0.2, -0.15) is 0 Å². The van der Waals surface area contributed by atoms with Gasteiger partial charge < -0.3 is 15.0 Å². The fraction of sp³-hybridized carbons (Fsp3) is 0.600. The zero-order valence-electron chi connectivity index (χ0n) is 8.95. The Morgan fingerprint density at radius 1 is 1.62 bits per heavy atom. The summed E-state index contributed by atoms with van der Waals surface area (Å²) in [5.74, 6) is -0.0636. The number of rotatable bonds is 4. The van der Waals surface area contributed by atoms with Crippen LogP contribution in [0.25, 0.3) is 0 Å². The van der Waals surface area contributed by atoms with Gasteiger partial charge in [-0.15, -0.1) is 0 Å². The van der Waals surface area contributed by atoms with Gasteiger partial charge in [0.05, 0.1) is 5.33 Å². The van der Waals surface area contributed by atoms with Gasteiger partial charge in [-0.1, -0.05) is 28.6 Å². The van der Waals surface area contributed by atoms with Crippen LogP contribution in [0.3, 0.4) is 0 Å². The number of carbonyl (C=O) groups excluding carboxylic acids is 2. The first-order chi connectivity index (χ1) is 7.67. The number of hydrogen-bond donors (Lipinski definition) is 1. The van der Waals surface area contributed by atoms with Crippen LogP contribution in [0, 0.1) is 0 Å². The molecule has 0 aromatic carbocycles. The minimum absolute atomic E-state index is 0.0290. The van der Waals surface area contributed by atoms with Gasteiger partial charge in [0.1, 0.15) is 6.61 Å². The van der Waals surface area contributed by atoms with Crippen molar-refractivity contribution in [1.82, 2.24) is 10.2 Å². The summed E-state index contributed by atoms with van der Waals surface area (Å²) in [6, 6.07) is 0.0290. The van der Waals surface area contributed by atoms with Crippen LogP contribution < -0.4 is 5.32 Å². The number of nitrogens with zero attached hydrogens (tertiary/aromatic N) is 1. The molecule has 0 unspecified atom stereocenters. The summed E-state index contributed by atoms with van der Waals surface area (Å²) in [6.07, 6.45) is 1.94. The van der Waals surface area contributed by atoms with Gasteiger partial charge in [0.15, 0.2) is 0 Å². The molecule has 6 heteroatoms. The number of ether oxygens (including phenoxy) is 1. The largest absolute Gasteiger partial charge is 0.445 e. The van der Waals surface area contributed by atoms with Gasteiger partial charge in [0.2, 0.25) is 5.91 Å². The van der Waals surface area contributed by atoms with Crippen LogP contribution in [0.4, 0.5) is 4.79 Å². The smallest absolute Gasteiger partial charge is 0.410 e. The second-order valence-electron chi connectivity index (χ2n) is 3.50. The quantitative estimate of drug-likeness (QED) is 0.618. The number of halogens is 1. The highest BCUT2D eigenvalue weighted by atomic mass is 79.9. The topological polar surface area (TPSA) is 58.6 Å². The molecule has 1 aliphatic heterocycles. The van der Waals surface area contributed by atoms with E-state index in [2.05, 4.69) is 27.8 Å². The van der Waals surface area contributed by atoms with Crippen molar-refractivity contribution in [2.24, 2.45) is 0 Å². The van der Waals surface area contributed by atoms with E-state index < -0.39 is 0 Å². The second kappa shape index (κ2) is 6.52. The molecule has 5 nitrogen and oxygen atoms in total. The Hall–Kier alpha value is -1.04. The van der Waals surface area contributed by atoms with Crippen molar-refractivity contribution >= 4 is 27.9 Å². The number of nitrogens with one attached hydrogen (secondary N) is 1. The molecule has 2 amide bonds. The number of amides is 2. The van der Waals surface area contributed by atoms with E-state index in [-0.39, 0.29) is 30.0 Å². The fourth-order valence-corrected chi connectivity index (χ4v) is 1.69. The van der Waals surface area contributed by atoms with E-state index in [1.54, 1.807) is 4.90 Å². The molecule has 0 aromatic heterocycles. The number of alkyl halides is 1. The lowest BCUT2D eigenvalue weighted by molar-refractivity contribution is -0.119. The Morgan fingerprint density at radius 2 is 2.38 bits per heavy atom. The van der Waals surface area contributed by atoms with Crippen LogP contribution in [0.5, 0.6) is 0 Å². The second-order valence-corrected chi connectivity index (χ2v) is 4.06. The summed E-state index contributed by atoms with van der Waals surface area (Å²) in [7, 11) is 0. The molecule has 0 aromatic rings. The number of carbonyl (C=O) groups is 2. The molecule has 0 aliphatic carbocycles. The molecule has 1 saturated heterocycles. The average Bonchev–Trinajstić information content (AvgIpc) is 2.74. The Kier molecular flexibility index (Phi) is 5.31. The Bertz CT molecular complexity index is 283. The standard InChI is InChI=1S/C10H15BrN2O3/c1-2-5-16-10(15)13-4-3-8(7-13)12-9(14)6-11/h2,8H,1,3-7H2,(H,12,14)/t8-/m1/s1. The maximum atomic E-state index is 11.4. The summed E-state index contributed by atoms with van der Waals surface area (Å²) in [6.45, 7) is 4.81. The highest BCUT2D eigenvalue weighted by molar-refractivity contribution is 9.09. The van der Waals surface area contributed by atoms with Crippen molar-refractivity contribution in [3.8, 4) is 0 Å². The number of likely N-dealkylation sites (tertiary alicyclic amines) is 1. The van der Waals surface area contributed by atoms with E-state index in [1.165, 1.54) is 6.08 Å². The highest BCUT2D eigenvalue weighted by Gasteiger charge is 2.27. The third-order valence-electron chi connectivity index (χ3n) is 2.26. The van der Waals surface area contributed by atoms with E-state index in [0.717, 1.165) is 6.42 Å². The third kappa shape index (κ3) is 3.84. The van der Waals surface area contributed by atoms with Gasteiger partial charge >= 0.3 is 6.09 Å². The minimum atomic E-state index is -0.351. The average molecular weight is 291 g/mol. The first-order valence-electron chi connectivity index (χ1n) is 5.05. The normalized spacial score (nSPS) is 19.3. The lowest BCUT2D eigenvalue weighted by atomic mass is 10.3. The SMILES string of the molecule is C=CCOC(=O)N1CC[C@@H](NC(=O)CBr)C1. The van der Waals surface area contributed by atoms with E-state index in [1.807, 2.05) is 0 Å². The molecule has 0 radical (unpaired) electrons. The van der Waals surface area contributed by atoms with E-state index in [0.29, 0.717) is 13.1 Å². The van der Waals surface area contributed by atoms with Crippen LogP contribution in [0.15, 0.2) is 12.7 Å². The zero-order valence-corrected chi connectivity index (χ0v) is 10.5. The van der Waals surface area contributed by atoms with Gasteiger partial charge in [0, 0.05) is 19.1 Å². The van der Waals surface area contributed by atoms with Crippen LogP contribution in [0.2, 0.25) is 0 Å². The molecule has 1 heterocycles. The Labute approximate surface area is 103 Å². The van der Waals surface area contributed by atoms with Gasteiger partial charge in [-0.3, -0.25) is 4.79 Å². The molecule has 1 N–H and O–H groups in total. The molecule has 1 aliphatic rings. The van der Waals surface area contributed by atoms with Crippen molar-refractivity contribution < 1.29 is 14.3 Å². The first kappa shape index (κ1) is 13.0. The molecule has 1 fully saturated rings. The fourth-order valence-electron chi connectivity index (χ4n) is 1.53. The summed E-state index contributed by atoms with van der Waals surface area (Å²) in [5.41, 5.74) is 0. The Balaban J connectivity index is 2.31. The predicted molar refractivity (Wildman–Crippen MR) is 63.5 cm³/mol. The first-order valence-corrected chi connectivity index (χ1v) is 6.17. The van der Waals surface area contributed by atoms with E-state index in [9.17, 15) is 9.59 Å². The summed E-state index contributed by atoms with van der Waals surface area (Å²) in [4.78, 5) is 24.1. The van der Waals surface area contributed by atoms with Crippen molar-refractivity contribution in [2.45, 2.75) is 12.5 Å². The van der Waals surface area contributed by atoms with Crippen molar-refractivity contribution in [2.75, 3.05) is 25.0 Å². The maximum absolute atomic E-state index is 11.4. The minimum Gasteiger partial charge on any atom is -0.445 e. The molecule has 0 spiro atoms. The molecule has 0 bridgehead atoms. The van der Waals surface area contributed by atoms with Gasteiger partial charge in [0.25, 0.3) is 0 Å². The highest BCUT2D eigenvalue weighted by Crippen LogP contribution is 2.10. The zero-order chi connectivity index (χ0) is 12.0. The molecule has 0 saturated carbocycles. The predicted octanol–water partition coefficient (Wildman–Crippen LogP) is 0.894. The van der Waals surface area contributed by atoms with Gasteiger partial charge in [-0.05, 0) is 6.42 Å². The van der Waals surface area contributed by atoms with Crippen LogP contribution >= 0.6 is 15.9 Å². The third-order valence-corrected chi connectivity index (χ3v) is 2.77. The van der Waals surface area contributed by atoms with Gasteiger partial charge in [-0.25, -0.2) is 4.79 Å². The summed E-state index contributed by atoms with van der Waals surface area (Å²) < 4.78 is 4.90. The summed E-state index contributed by atoms with van der Waals surface area (Å²) >= 11 is 3.07. The number of hydrogen-bond acceptors (Lipinski definition) is 3. The van der Waals surface area contributed by atoms with E-state index in [4.69, 9.17) is 4.74 Å². The Morgan fingerprint density at radius 3 is 3.00 bits per heavy atom. The monoisotopic (exact) mass is 290 g/mol. The van der Waals surface area contributed by atoms with Crippen molar-refractivity contribution in [3.63, 3.8) is 0 Å². The van der Waals surface area contributed by atoms with Crippen LogP contribution in [-0.2, 0) is 9.53 Å². The molecule has 1 atom stereocenters. The van der Waals surface area contributed by atoms with Crippen molar-refractivity contribution in [3.05, 3.63) is 12.7 Å². The molecule has 16 heavy (non-hydrogen) atoms. The molecule has 1 rings (SSSR count). The van der Waals surface area contributed by atoms with Crippen LogP contribution in [-0.4, -0.2) is 48.0 Å². The molecular formula is C10H15BrN2O3. The van der Waals surface area contributed by atoms with E-state index >= 15 is 0 Å². The summed E-state index contributed by atoms with van der Waals surface area (Å²) in [5, 5.41) is 3.10. The lowest BCUT2D eigenvalue weighted by Crippen LogP contribution is -2.39. The molecule has 90 valence electrons. The lowest BCUT2D eigenvalue weighted by Gasteiger charge is -2.16. The van der Waals surface area contributed by atoms with Crippen molar-refractivity contribution in [1.29, 1.82) is 0 Å². The molecular weight excluding hydrogens is 276 g/mol. The van der Waals surface area contributed by atoms with Crippen LogP contribution in [0.1, 0.15) is 6.42 Å².